The average Bonchev–Trinajstić information content (AvgIpc) is 2.99. The van der Waals surface area contributed by atoms with E-state index in [2.05, 4.69) is 22.0 Å². The number of nitrogen functional groups attached to an aromatic ring is 1. The summed E-state index contributed by atoms with van der Waals surface area (Å²) in [4.78, 5) is 12.0. The Hall–Kier alpha value is -3.15. The molecule has 0 radical (unpaired) electrons. The van der Waals surface area contributed by atoms with Crippen molar-refractivity contribution in [1.29, 1.82) is 0 Å². The van der Waals surface area contributed by atoms with Gasteiger partial charge in [0, 0.05) is 28.7 Å². The van der Waals surface area contributed by atoms with Gasteiger partial charge in [0.15, 0.2) is 0 Å². The molecule has 4 rings (SSSR count). The number of carbonyl (C=O) groups is 1. The zero-order valence-corrected chi connectivity index (χ0v) is 18.5. The Morgan fingerprint density at radius 3 is 2.55 bits per heavy atom. The molecule has 1 fully saturated rings. The van der Waals surface area contributed by atoms with Crippen molar-refractivity contribution in [1.82, 2.24) is 4.57 Å². The third-order valence-corrected chi connectivity index (χ3v) is 6.05. The van der Waals surface area contributed by atoms with Crippen LogP contribution >= 0.6 is 0 Å². The van der Waals surface area contributed by atoms with Gasteiger partial charge in [0.2, 0.25) is 0 Å². The molecule has 3 N–H and O–H groups in total. The second-order valence-corrected chi connectivity index (χ2v) is 8.16. The average molecular weight is 422 g/mol. The Bertz CT molecular complexity index is 1070. The molecule has 0 saturated heterocycles. The van der Waals surface area contributed by atoms with Crippen LogP contribution in [0.25, 0.3) is 22.2 Å². The summed E-state index contributed by atoms with van der Waals surface area (Å²) < 4.78 is 13.4. The highest BCUT2D eigenvalue weighted by Crippen LogP contribution is 2.44. The minimum absolute atomic E-state index is 0.112. The molecule has 0 spiro atoms. The Morgan fingerprint density at radius 1 is 1.19 bits per heavy atom. The molecular formula is C25H31N3O3. The lowest BCUT2D eigenvalue weighted by molar-refractivity contribution is 0.118. The molecule has 164 valence electrons. The molecule has 1 aliphatic rings. The fraction of sp³-hybridized carbons (Fsp3) is 0.400. The highest BCUT2D eigenvalue weighted by molar-refractivity contribution is 6.01. The number of aromatic nitrogens is 1. The third-order valence-electron chi connectivity index (χ3n) is 6.05. The van der Waals surface area contributed by atoms with E-state index >= 15 is 0 Å². The molecule has 1 heterocycles. The molecule has 0 aliphatic heterocycles. The monoisotopic (exact) mass is 421 g/mol. The maximum Gasteiger partial charge on any atom is 0.411 e. The molecule has 31 heavy (non-hydrogen) atoms. The molecule has 1 aliphatic carbocycles. The number of ether oxygens (including phenoxy) is 2. The van der Waals surface area contributed by atoms with Crippen LogP contribution in [-0.4, -0.2) is 23.4 Å². The summed E-state index contributed by atoms with van der Waals surface area (Å²) in [5, 5.41) is 3.84. The van der Waals surface area contributed by atoms with Gasteiger partial charge in [0.05, 0.1) is 23.5 Å². The van der Waals surface area contributed by atoms with Gasteiger partial charge < -0.3 is 19.8 Å². The van der Waals surface area contributed by atoms with E-state index in [1.807, 2.05) is 51.1 Å². The van der Waals surface area contributed by atoms with E-state index in [-0.39, 0.29) is 6.10 Å². The summed E-state index contributed by atoms with van der Waals surface area (Å²) in [6.45, 7) is 6.48. The molecule has 3 aromatic rings. The van der Waals surface area contributed by atoms with Crippen LogP contribution in [0.5, 0.6) is 5.75 Å². The zero-order valence-electron chi connectivity index (χ0n) is 18.5. The number of anilines is 2. The van der Waals surface area contributed by atoms with Gasteiger partial charge >= 0.3 is 6.09 Å². The van der Waals surface area contributed by atoms with Gasteiger partial charge in [-0.1, -0.05) is 19.1 Å². The van der Waals surface area contributed by atoms with E-state index < -0.39 is 6.09 Å². The first kappa shape index (κ1) is 21.1. The number of hydrogen-bond donors (Lipinski definition) is 2. The number of nitrogens with one attached hydrogen (secondary N) is 1. The van der Waals surface area contributed by atoms with Crippen molar-refractivity contribution in [3.63, 3.8) is 0 Å². The molecule has 1 atom stereocenters. The number of fused-ring (bicyclic) bond motifs is 1. The Kier molecular flexibility index (Phi) is 6.07. The molecule has 1 amide bonds. The quantitative estimate of drug-likeness (QED) is 0.465. The minimum Gasteiger partial charge on any atom is -0.494 e. The first-order chi connectivity index (χ1) is 15.0. The van der Waals surface area contributed by atoms with Gasteiger partial charge in [-0.15, -0.1) is 0 Å². The highest BCUT2D eigenvalue weighted by atomic mass is 16.6. The second-order valence-electron chi connectivity index (χ2n) is 8.16. The first-order valence-electron chi connectivity index (χ1n) is 11.2. The number of nitrogens with two attached hydrogens (primary N) is 1. The van der Waals surface area contributed by atoms with Gasteiger partial charge in [0.25, 0.3) is 0 Å². The fourth-order valence-electron chi connectivity index (χ4n) is 4.02. The van der Waals surface area contributed by atoms with Crippen molar-refractivity contribution in [2.75, 3.05) is 17.7 Å². The summed E-state index contributed by atoms with van der Waals surface area (Å²) in [6.07, 6.45) is 3.76. The van der Waals surface area contributed by atoms with Crippen molar-refractivity contribution >= 4 is 28.4 Å². The summed E-state index contributed by atoms with van der Waals surface area (Å²) >= 11 is 0. The van der Waals surface area contributed by atoms with Crippen LogP contribution in [0.1, 0.15) is 52.5 Å². The molecule has 1 saturated carbocycles. The smallest absolute Gasteiger partial charge is 0.411 e. The number of hydrogen-bond acceptors (Lipinski definition) is 4. The zero-order chi connectivity index (χ0) is 22.0. The maximum absolute atomic E-state index is 12.0. The molecule has 1 aromatic heterocycles. The molecule has 2 aromatic carbocycles. The van der Waals surface area contributed by atoms with Crippen molar-refractivity contribution < 1.29 is 14.3 Å². The summed E-state index contributed by atoms with van der Waals surface area (Å²) in [5.74, 6) is 0.860. The fourth-order valence-corrected chi connectivity index (χ4v) is 4.02. The van der Waals surface area contributed by atoms with E-state index in [1.54, 1.807) is 0 Å². The predicted molar refractivity (Wildman–Crippen MR) is 126 cm³/mol. The molecular weight excluding hydrogens is 390 g/mol. The topological polar surface area (TPSA) is 78.5 Å². The SMILES string of the molecule is CCOc1ccc2c(N)c(-c3ccc(NC(=O)OC(C)CC)cc3)n(C3CCC3)c2c1. The molecule has 0 bridgehead atoms. The van der Waals surface area contributed by atoms with Crippen LogP contribution < -0.4 is 15.8 Å². The normalized spacial score (nSPS) is 14.8. The van der Waals surface area contributed by atoms with Crippen LogP contribution in [0.4, 0.5) is 16.2 Å². The minimum atomic E-state index is -0.436. The Morgan fingerprint density at radius 2 is 1.94 bits per heavy atom. The summed E-state index contributed by atoms with van der Waals surface area (Å²) in [5.41, 5.74) is 11.3. The second kappa shape index (κ2) is 8.92. The van der Waals surface area contributed by atoms with Crippen LogP contribution in [0, 0.1) is 0 Å². The van der Waals surface area contributed by atoms with Gasteiger partial charge in [-0.3, -0.25) is 5.32 Å². The summed E-state index contributed by atoms with van der Waals surface area (Å²) in [6, 6.07) is 14.3. The Balaban J connectivity index is 1.68. The maximum atomic E-state index is 12.0. The van der Waals surface area contributed by atoms with E-state index in [4.69, 9.17) is 15.2 Å². The number of benzene rings is 2. The van der Waals surface area contributed by atoms with Crippen LogP contribution in [0.2, 0.25) is 0 Å². The van der Waals surface area contributed by atoms with E-state index in [9.17, 15) is 4.79 Å². The molecule has 6 heteroatoms. The van der Waals surface area contributed by atoms with Crippen LogP contribution in [0.3, 0.4) is 0 Å². The van der Waals surface area contributed by atoms with Crippen LogP contribution in [-0.2, 0) is 4.74 Å². The summed E-state index contributed by atoms with van der Waals surface area (Å²) in [7, 11) is 0. The number of amides is 1. The lowest BCUT2D eigenvalue weighted by Crippen LogP contribution is -2.19. The lowest BCUT2D eigenvalue weighted by atomic mass is 9.92. The van der Waals surface area contributed by atoms with Gasteiger partial charge in [0.1, 0.15) is 11.9 Å². The molecule has 6 nitrogen and oxygen atoms in total. The van der Waals surface area contributed by atoms with Crippen molar-refractivity contribution in [3.05, 3.63) is 42.5 Å². The van der Waals surface area contributed by atoms with E-state index in [0.717, 1.165) is 52.9 Å². The lowest BCUT2D eigenvalue weighted by Gasteiger charge is -2.30. The van der Waals surface area contributed by atoms with Crippen molar-refractivity contribution in [3.8, 4) is 17.0 Å². The number of nitrogens with zero attached hydrogens (tertiary/aromatic N) is 1. The van der Waals surface area contributed by atoms with Gasteiger partial charge in [-0.25, -0.2) is 4.79 Å². The number of carbonyl (C=O) groups excluding carboxylic acids is 1. The van der Waals surface area contributed by atoms with Gasteiger partial charge in [-0.2, -0.15) is 0 Å². The number of rotatable bonds is 7. The van der Waals surface area contributed by atoms with E-state index in [1.165, 1.54) is 6.42 Å². The van der Waals surface area contributed by atoms with Crippen LogP contribution in [0.15, 0.2) is 42.5 Å². The van der Waals surface area contributed by atoms with Gasteiger partial charge in [-0.05, 0) is 63.8 Å². The standard InChI is InChI=1S/C25H31N3O3/c1-4-16(3)31-25(29)27-18-11-9-17(10-12-18)24-23(26)21-14-13-20(30-5-2)15-22(21)28(24)19-7-6-8-19/h9-16,19H,4-8,26H2,1-3H3,(H,27,29). The molecule has 1 unspecified atom stereocenters. The van der Waals surface area contributed by atoms with E-state index in [0.29, 0.717) is 18.3 Å². The van der Waals surface area contributed by atoms with Crippen molar-refractivity contribution in [2.45, 2.75) is 58.6 Å². The highest BCUT2D eigenvalue weighted by Gasteiger charge is 2.27. The predicted octanol–water partition coefficient (Wildman–Crippen LogP) is 6.36. The largest absolute Gasteiger partial charge is 0.494 e. The first-order valence-corrected chi connectivity index (χ1v) is 11.2. The Labute approximate surface area is 183 Å². The van der Waals surface area contributed by atoms with Crippen molar-refractivity contribution in [2.24, 2.45) is 0 Å². The third kappa shape index (κ3) is 4.20.